The van der Waals surface area contributed by atoms with Gasteiger partial charge in [-0.25, -0.2) is 4.39 Å². The van der Waals surface area contributed by atoms with E-state index in [-0.39, 0.29) is 42.3 Å². The Morgan fingerprint density at radius 2 is 1.62 bits per heavy atom. The van der Waals surface area contributed by atoms with Crippen molar-refractivity contribution in [3.05, 3.63) is 41.0 Å². The van der Waals surface area contributed by atoms with E-state index in [4.69, 9.17) is 9.47 Å². The highest BCUT2D eigenvalue weighted by molar-refractivity contribution is 5.42. The van der Waals surface area contributed by atoms with Gasteiger partial charge in [-0.3, -0.25) is 0 Å². The Hall–Kier alpha value is -1.68. The second-order valence-electron chi connectivity index (χ2n) is 13.8. The quantitative estimate of drug-likeness (QED) is 0.276. The number of fused-ring (bicyclic) bond motifs is 3. The first-order valence-corrected chi connectivity index (χ1v) is 14.4. The van der Waals surface area contributed by atoms with Gasteiger partial charge in [0.2, 0.25) is 6.17 Å². The molecule has 0 radical (unpaired) electrons. The van der Waals surface area contributed by atoms with Crippen LogP contribution in [0.5, 0.6) is 5.75 Å². The first-order chi connectivity index (χ1) is 18.5. The summed E-state index contributed by atoms with van der Waals surface area (Å²) in [5.41, 5.74) is -1.38. The molecule has 7 atom stereocenters. The number of phenols is 1. The maximum absolute atomic E-state index is 15.1. The Morgan fingerprint density at radius 1 is 1.00 bits per heavy atom. The first kappa shape index (κ1) is 29.8. The molecule has 7 unspecified atom stereocenters. The van der Waals surface area contributed by atoms with Gasteiger partial charge < -0.3 is 24.8 Å². The molecule has 3 N–H and O–H groups in total. The molecule has 1 aliphatic heterocycles. The number of aliphatic hydroxyl groups is 2. The minimum absolute atomic E-state index is 0.0544. The molecule has 0 amide bonds. The number of alkyl halides is 4. The Labute approximate surface area is 233 Å². The lowest BCUT2D eigenvalue weighted by Gasteiger charge is -2.55. The third-order valence-corrected chi connectivity index (χ3v) is 10.4. The smallest absolute Gasteiger partial charge is 0.422 e. The number of hydrogen-bond donors (Lipinski definition) is 3. The second kappa shape index (κ2) is 9.96. The number of phenolic OH excluding ortho intramolecular Hbond substituents is 1. The van der Waals surface area contributed by atoms with Crippen molar-refractivity contribution in [1.29, 1.82) is 0 Å². The third kappa shape index (κ3) is 4.99. The summed E-state index contributed by atoms with van der Waals surface area (Å²) in [7, 11) is 0. The second-order valence-corrected chi connectivity index (χ2v) is 13.8. The maximum Gasteiger partial charge on any atom is 0.422 e. The summed E-state index contributed by atoms with van der Waals surface area (Å²) < 4.78 is 68.5. The average molecular weight is 571 g/mol. The van der Waals surface area contributed by atoms with Gasteiger partial charge in [0.25, 0.3) is 0 Å². The fourth-order valence-electron chi connectivity index (χ4n) is 8.09. The molecule has 9 heteroatoms. The van der Waals surface area contributed by atoms with Crippen LogP contribution in [0.3, 0.4) is 0 Å². The Bertz CT molecular complexity index is 1120. The van der Waals surface area contributed by atoms with Crippen molar-refractivity contribution in [2.24, 2.45) is 22.7 Å². The van der Waals surface area contributed by atoms with Crippen molar-refractivity contribution in [1.82, 2.24) is 0 Å². The minimum Gasteiger partial charge on any atom is -0.508 e. The molecule has 2 saturated carbocycles. The standard InChI is InChI=1S/C31H42F4O5/c1-27(2)16-39-29(4,40-17-27)13-11-21-24(37)10-9-20-23-12-14-30(38,26(32)31(33,34)35)28(23,3)15-22(25(20)21)18-5-7-19(36)8-6-18/h5-8,20,22-24,26,36-38H,9-17H2,1-4H3. The van der Waals surface area contributed by atoms with Crippen molar-refractivity contribution < 1.29 is 42.4 Å². The largest absolute Gasteiger partial charge is 0.508 e. The molecule has 5 nitrogen and oxygen atoms in total. The van der Waals surface area contributed by atoms with Crippen molar-refractivity contribution in [2.75, 3.05) is 13.2 Å². The van der Waals surface area contributed by atoms with Gasteiger partial charge >= 0.3 is 6.18 Å². The molecule has 1 heterocycles. The average Bonchev–Trinajstić information content (AvgIpc) is 3.15. The van der Waals surface area contributed by atoms with Gasteiger partial charge in [0, 0.05) is 23.2 Å². The molecule has 1 aromatic carbocycles. The molecule has 0 bridgehead atoms. The molecular formula is C31H42F4O5. The Kier molecular flexibility index (Phi) is 7.42. The van der Waals surface area contributed by atoms with Gasteiger partial charge in [-0.2, -0.15) is 13.2 Å². The van der Waals surface area contributed by atoms with Crippen LogP contribution in [0, 0.1) is 22.7 Å². The number of halogens is 4. The molecule has 224 valence electrons. The fourth-order valence-corrected chi connectivity index (χ4v) is 8.09. The number of ether oxygens (including phenoxy) is 2. The van der Waals surface area contributed by atoms with E-state index in [2.05, 4.69) is 13.8 Å². The number of hydrogen-bond acceptors (Lipinski definition) is 5. The van der Waals surface area contributed by atoms with Crippen LogP contribution in [0.4, 0.5) is 17.6 Å². The van der Waals surface area contributed by atoms with E-state index in [1.54, 1.807) is 19.1 Å². The van der Waals surface area contributed by atoms with Crippen molar-refractivity contribution in [2.45, 2.75) is 108 Å². The summed E-state index contributed by atoms with van der Waals surface area (Å²) in [5, 5.41) is 32.7. The highest BCUT2D eigenvalue weighted by Gasteiger charge is 2.70. The minimum atomic E-state index is -5.17. The molecule has 3 fully saturated rings. The third-order valence-electron chi connectivity index (χ3n) is 10.4. The van der Waals surface area contributed by atoms with Crippen LogP contribution >= 0.6 is 0 Å². The summed E-state index contributed by atoms with van der Waals surface area (Å²) in [5.74, 6) is -1.78. The molecule has 40 heavy (non-hydrogen) atoms. The first-order valence-electron chi connectivity index (χ1n) is 14.4. The van der Waals surface area contributed by atoms with Crippen LogP contribution in [-0.4, -0.2) is 58.4 Å². The molecule has 1 saturated heterocycles. The van der Waals surface area contributed by atoms with Gasteiger partial charge in [-0.15, -0.1) is 0 Å². The van der Waals surface area contributed by atoms with Crippen LogP contribution < -0.4 is 0 Å². The molecule has 0 aromatic heterocycles. The zero-order valence-corrected chi connectivity index (χ0v) is 23.7. The van der Waals surface area contributed by atoms with Crippen LogP contribution in [-0.2, 0) is 9.47 Å². The Morgan fingerprint density at radius 3 is 2.23 bits per heavy atom. The lowest BCUT2D eigenvalue weighted by atomic mass is 9.51. The van der Waals surface area contributed by atoms with Gasteiger partial charge in [0.05, 0.1) is 19.3 Å². The zero-order chi connectivity index (χ0) is 29.3. The summed E-state index contributed by atoms with van der Waals surface area (Å²) in [6.45, 7) is 8.73. The summed E-state index contributed by atoms with van der Waals surface area (Å²) >= 11 is 0. The molecular weight excluding hydrogens is 528 g/mol. The van der Waals surface area contributed by atoms with Crippen LogP contribution in [0.2, 0.25) is 0 Å². The fraction of sp³-hybridized carbons (Fsp3) is 0.742. The number of aliphatic hydroxyl groups excluding tert-OH is 1. The number of aromatic hydroxyl groups is 1. The van der Waals surface area contributed by atoms with E-state index in [0.717, 1.165) is 16.7 Å². The molecule has 4 aliphatic rings. The summed E-state index contributed by atoms with van der Waals surface area (Å²) in [4.78, 5) is 0. The maximum atomic E-state index is 15.1. The number of allylic oxidation sites excluding steroid dienone is 1. The van der Waals surface area contributed by atoms with Crippen molar-refractivity contribution in [3.8, 4) is 5.75 Å². The van der Waals surface area contributed by atoms with Gasteiger partial charge in [0.15, 0.2) is 5.79 Å². The summed E-state index contributed by atoms with van der Waals surface area (Å²) in [6, 6.07) is 6.51. The topological polar surface area (TPSA) is 79.2 Å². The summed E-state index contributed by atoms with van der Waals surface area (Å²) in [6.07, 6.45) is -7.14. The molecule has 3 aliphatic carbocycles. The SMILES string of the molecule is CC1(C)COC(C)(CCC2=C3C(c4ccc(O)cc4)CC4(C)C(CCC4(O)C(F)C(F)(F)F)C3CCC2O)OC1. The van der Waals surface area contributed by atoms with E-state index in [1.807, 2.05) is 6.92 Å². The van der Waals surface area contributed by atoms with Crippen molar-refractivity contribution in [3.63, 3.8) is 0 Å². The normalized spacial score (nSPS) is 38.0. The van der Waals surface area contributed by atoms with Crippen LogP contribution in [0.1, 0.15) is 84.1 Å². The number of rotatable bonds is 5. The predicted octanol–water partition coefficient (Wildman–Crippen LogP) is 6.56. The van der Waals surface area contributed by atoms with Gasteiger partial charge in [-0.05, 0) is 80.6 Å². The lowest BCUT2D eigenvalue weighted by Crippen LogP contribution is -2.59. The van der Waals surface area contributed by atoms with Gasteiger partial charge in [0.1, 0.15) is 11.4 Å². The highest BCUT2D eigenvalue weighted by atomic mass is 19.4. The van der Waals surface area contributed by atoms with Crippen LogP contribution in [0.25, 0.3) is 0 Å². The molecule has 1 aromatic rings. The predicted molar refractivity (Wildman–Crippen MR) is 141 cm³/mol. The lowest BCUT2D eigenvalue weighted by molar-refractivity contribution is -0.291. The van der Waals surface area contributed by atoms with Crippen LogP contribution in [0.15, 0.2) is 35.4 Å². The van der Waals surface area contributed by atoms with E-state index in [9.17, 15) is 28.5 Å². The Balaban J connectivity index is 1.56. The van der Waals surface area contributed by atoms with Gasteiger partial charge in [-0.1, -0.05) is 38.5 Å². The van der Waals surface area contributed by atoms with E-state index >= 15 is 4.39 Å². The molecule has 0 spiro atoms. The van der Waals surface area contributed by atoms with E-state index < -0.39 is 41.2 Å². The van der Waals surface area contributed by atoms with Crippen molar-refractivity contribution >= 4 is 0 Å². The molecule has 5 rings (SSSR count). The monoisotopic (exact) mass is 570 g/mol. The van der Waals surface area contributed by atoms with E-state index in [0.29, 0.717) is 38.9 Å². The number of benzene rings is 1. The zero-order valence-electron chi connectivity index (χ0n) is 23.7. The highest BCUT2D eigenvalue weighted by Crippen LogP contribution is 2.68. The van der Waals surface area contributed by atoms with E-state index in [1.165, 1.54) is 12.1 Å².